The Morgan fingerprint density at radius 2 is 1.66 bits per heavy atom. The molecule has 0 radical (unpaired) electrons. The van der Waals surface area contributed by atoms with Crippen molar-refractivity contribution in [3.05, 3.63) is 64.0 Å². The Morgan fingerprint density at radius 1 is 0.980 bits per heavy atom. The van der Waals surface area contributed by atoms with E-state index in [1.165, 1.54) is 33.3 Å². The van der Waals surface area contributed by atoms with Crippen LogP contribution >= 0.6 is 23.2 Å². The van der Waals surface area contributed by atoms with Gasteiger partial charge in [-0.15, -0.1) is 0 Å². The highest BCUT2D eigenvalue weighted by Gasteiger charge is 2.35. The van der Waals surface area contributed by atoms with E-state index in [0.29, 0.717) is 81.3 Å². The van der Waals surface area contributed by atoms with Crippen LogP contribution < -0.4 is 20.3 Å². The van der Waals surface area contributed by atoms with Crippen molar-refractivity contribution in [1.29, 1.82) is 0 Å². The molecule has 2 fully saturated rings. The predicted molar refractivity (Wildman–Crippen MR) is 193 cm³/mol. The summed E-state index contributed by atoms with van der Waals surface area (Å²) in [7, 11) is 2.93. The predicted octanol–water partition coefficient (Wildman–Crippen LogP) is 3.91. The molecule has 5 rings (SSSR count). The van der Waals surface area contributed by atoms with Crippen molar-refractivity contribution >= 4 is 57.8 Å². The number of hydrogen-bond donors (Lipinski definition) is 1. The van der Waals surface area contributed by atoms with Gasteiger partial charge in [-0.05, 0) is 31.2 Å². The normalized spacial score (nSPS) is 17.9. The standard InChI is InChI=1S/C35H41Cl2N7O6/c1-6-24(46)15-23-19-43(21(3)45)20-26(23)39-35-38-18-22-16-25(30-31(36)27(49-4)17-28(50-5)32(30)37)34(48)44(33(22)40-35)10-8-9-41-11-13-42(14-12-41)29(47)7-2/h6-7,16-18,23,26H,1-2,8-15,19-20H2,3-5H3,(H,38,39,40). The molecule has 15 heteroatoms. The molecule has 2 atom stereocenters. The number of benzene rings is 1. The molecule has 2 aromatic heterocycles. The van der Waals surface area contributed by atoms with Crippen molar-refractivity contribution in [3.63, 3.8) is 0 Å². The van der Waals surface area contributed by atoms with Crippen LogP contribution in [0.25, 0.3) is 22.2 Å². The van der Waals surface area contributed by atoms with Crippen molar-refractivity contribution in [2.75, 3.05) is 65.3 Å². The van der Waals surface area contributed by atoms with E-state index < -0.39 is 0 Å². The second-order valence-corrected chi connectivity index (χ2v) is 13.1. The number of nitrogens with zero attached hydrogens (tertiary/aromatic N) is 6. The molecule has 4 heterocycles. The summed E-state index contributed by atoms with van der Waals surface area (Å²) in [5.41, 5.74) is 0.502. The molecule has 0 spiro atoms. The number of halogens is 2. The third-order valence-corrected chi connectivity index (χ3v) is 10.0. The summed E-state index contributed by atoms with van der Waals surface area (Å²) < 4.78 is 12.5. The van der Waals surface area contributed by atoms with Crippen LogP contribution in [0.1, 0.15) is 19.8 Å². The number of carbonyl (C=O) groups excluding carboxylic acids is 3. The van der Waals surface area contributed by atoms with Crippen LogP contribution in [0.15, 0.2) is 48.4 Å². The van der Waals surface area contributed by atoms with Crippen molar-refractivity contribution in [2.24, 2.45) is 5.92 Å². The van der Waals surface area contributed by atoms with Gasteiger partial charge in [0.05, 0.1) is 35.9 Å². The number of allylic oxidation sites excluding steroid dienone is 1. The van der Waals surface area contributed by atoms with Crippen LogP contribution in [-0.2, 0) is 20.9 Å². The highest BCUT2D eigenvalue weighted by atomic mass is 35.5. The lowest BCUT2D eigenvalue weighted by Crippen LogP contribution is -2.48. The summed E-state index contributed by atoms with van der Waals surface area (Å²) in [5, 5.41) is 4.20. The van der Waals surface area contributed by atoms with E-state index in [0.717, 1.165) is 0 Å². The van der Waals surface area contributed by atoms with Crippen molar-refractivity contribution in [1.82, 2.24) is 29.2 Å². The monoisotopic (exact) mass is 725 g/mol. The average molecular weight is 727 g/mol. The SMILES string of the molecule is C=CC(=O)CC1CN(C(C)=O)CC1Nc1ncc2cc(-c3c(Cl)c(OC)cc(OC)c3Cl)c(=O)n(CCCN3CCN(C(=O)C=C)CC3)c2n1. The Morgan fingerprint density at radius 3 is 2.26 bits per heavy atom. The second-order valence-electron chi connectivity index (χ2n) is 12.3. The molecule has 13 nitrogen and oxygen atoms in total. The Labute approximate surface area is 300 Å². The number of methoxy groups -OCH3 is 2. The number of anilines is 1. The quantitative estimate of drug-likeness (QED) is 0.258. The number of ether oxygens (including phenoxy) is 2. The van der Waals surface area contributed by atoms with Crippen LogP contribution in [0.4, 0.5) is 5.95 Å². The van der Waals surface area contributed by atoms with E-state index in [-0.39, 0.29) is 68.7 Å². The summed E-state index contributed by atoms with van der Waals surface area (Å²) in [6.45, 7) is 13.0. The van der Waals surface area contributed by atoms with Crippen LogP contribution in [0.2, 0.25) is 10.0 Å². The lowest BCUT2D eigenvalue weighted by atomic mass is 9.97. The molecule has 2 saturated heterocycles. The minimum absolute atomic E-state index is 0.0830. The molecular weight excluding hydrogens is 685 g/mol. The lowest BCUT2D eigenvalue weighted by molar-refractivity contribution is -0.128. The van der Waals surface area contributed by atoms with Crippen LogP contribution in [0, 0.1) is 5.92 Å². The number of fused-ring (bicyclic) bond motifs is 1. The Hall–Kier alpha value is -4.46. The maximum absolute atomic E-state index is 14.4. The number of aryl methyl sites for hydroxylation is 1. The first-order chi connectivity index (χ1) is 24.0. The Balaban J connectivity index is 1.52. The van der Waals surface area contributed by atoms with Gasteiger partial charge in [0.15, 0.2) is 5.78 Å². The van der Waals surface area contributed by atoms with Gasteiger partial charge in [0, 0.05) is 88.3 Å². The van der Waals surface area contributed by atoms with Crippen LogP contribution in [0.5, 0.6) is 11.5 Å². The fourth-order valence-electron chi connectivity index (χ4n) is 6.52. The van der Waals surface area contributed by atoms with Gasteiger partial charge in [-0.3, -0.25) is 28.6 Å². The molecule has 2 amide bonds. The van der Waals surface area contributed by atoms with Crippen molar-refractivity contribution in [3.8, 4) is 22.6 Å². The lowest BCUT2D eigenvalue weighted by Gasteiger charge is -2.34. The number of amides is 2. The van der Waals surface area contributed by atoms with E-state index in [4.69, 9.17) is 37.7 Å². The van der Waals surface area contributed by atoms with Crippen LogP contribution in [0.3, 0.4) is 0 Å². The van der Waals surface area contributed by atoms with Crippen LogP contribution in [-0.4, -0.2) is 113 Å². The minimum atomic E-state index is -0.374. The van der Waals surface area contributed by atoms with Gasteiger partial charge in [-0.25, -0.2) is 4.98 Å². The van der Waals surface area contributed by atoms with Gasteiger partial charge in [0.25, 0.3) is 5.56 Å². The van der Waals surface area contributed by atoms with Gasteiger partial charge >= 0.3 is 0 Å². The molecule has 2 aliphatic heterocycles. The number of pyridine rings is 1. The summed E-state index contributed by atoms with van der Waals surface area (Å²) in [6.07, 6.45) is 5.04. The third kappa shape index (κ3) is 7.79. The average Bonchev–Trinajstić information content (AvgIpc) is 3.51. The van der Waals surface area contributed by atoms with Gasteiger partial charge in [-0.2, -0.15) is 4.98 Å². The number of likely N-dealkylation sites (tertiary alicyclic amines) is 1. The summed E-state index contributed by atoms with van der Waals surface area (Å²) in [6, 6.07) is 2.91. The first-order valence-electron chi connectivity index (χ1n) is 16.3. The topological polar surface area (TPSA) is 139 Å². The number of carbonyl (C=O) groups is 3. The molecule has 2 unspecified atom stereocenters. The van der Waals surface area contributed by atoms with E-state index in [1.807, 2.05) is 0 Å². The summed E-state index contributed by atoms with van der Waals surface area (Å²) in [4.78, 5) is 66.0. The molecule has 0 aliphatic carbocycles. The van der Waals surface area contributed by atoms with Gasteiger partial charge in [-0.1, -0.05) is 36.4 Å². The maximum atomic E-state index is 14.4. The zero-order valence-electron chi connectivity index (χ0n) is 28.4. The zero-order valence-corrected chi connectivity index (χ0v) is 29.9. The fourth-order valence-corrected chi connectivity index (χ4v) is 7.22. The Bertz CT molecular complexity index is 1850. The molecule has 1 aromatic carbocycles. The molecule has 0 saturated carbocycles. The smallest absolute Gasteiger partial charge is 0.260 e. The fraction of sp³-hybridized carbons (Fsp3) is 0.429. The zero-order chi connectivity index (χ0) is 36.1. The molecule has 0 bridgehead atoms. The number of nitrogens with one attached hydrogen (secondary N) is 1. The van der Waals surface area contributed by atoms with Crippen molar-refractivity contribution in [2.45, 2.75) is 32.4 Å². The number of hydrogen-bond acceptors (Lipinski definition) is 10. The number of ketones is 1. The highest BCUT2D eigenvalue weighted by Crippen LogP contribution is 2.45. The third-order valence-electron chi connectivity index (χ3n) is 9.28. The molecule has 266 valence electrons. The number of piperazine rings is 1. The molecule has 2 aliphatic rings. The minimum Gasteiger partial charge on any atom is -0.495 e. The van der Waals surface area contributed by atoms with E-state index >= 15 is 0 Å². The number of aromatic nitrogens is 3. The molecular formula is C35H41Cl2N7O6. The number of rotatable bonds is 13. The first kappa shape index (κ1) is 36.8. The van der Waals surface area contributed by atoms with Crippen molar-refractivity contribution < 1.29 is 23.9 Å². The van der Waals surface area contributed by atoms with E-state index in [2.05, 4.69) is 28.4 Å². The van der Waals surface area contributed by atoms with E-state index in [9.17, 15) is 19.2 Å². The Kier molecular flexibility index (Phi) is 11.8. The van der Waals surface area contributed by atoms with E-state index in [1.54, 1.807) is 32.7 Å². The van der Waals surface area contributed by atoms with Gasteiger partial charge < -0.3 is 24.6 Å². The second kappa shape index (κ2) is 16.0. The molecule has 50 heavy (non-hydrogen) atoms. The highest BCUT2D eigenvalue weighted by molar-refractivity contribution is 6.41. The maximum Gasteiger partial charge on any atom is 0.260 e. The molecule has 3 aromatic rings. The largest absolute Gasteiger partial charge is 0.495 e. The van der Waals surface area contributed by atoms with Gasteiger partial charge in [0.2, 0.25) is 17.8 Å². The summed E-state index contributed by atoms with van der Waals surface area (Å²) in [5.74, 6) is 0.369. The van der Waals surface area contributed by atoms with Gasteiger partial charge in [0.1, 0.15) is 17.1 Å². The summed E-state index contributed by atoms with van der Waals surface area (Å²) >= 11 is 13.5. The molecule has 1 N–H and O–H groups in total. The first-order valence-corrected chi connectivity index (χ1v) is 17.1.